The molecular weight excluding hydrogens is 372 g/mol. The van der Waals surface area contributed by atoms with Gasteiger partial charge in [0.05, 0.1) is 0 Å². The van der Waals surface area contributed by atoms with E-state index >= 15 is 0 Å². The molecule has 30 heavy (non-hydrogen) atoms. The van der Waals surface area contributed by atoms with Gasteiger partial charge in [-0.05, 0) is 66.4 Å². The van der Waals surface area contributed by atoms with Gasteiger partial charge >= 0.3 is 0 Å². The predicted octanol–water partition coefficient (Wildman–Crippen LogP) is 4.91. The van der Waals surface area contributed by atoms with Gasteiger partial charge in [-0.2, -0.15) is 0 Å². The highest BCUT2D eigenvalue weighted by Crippen LogP contribution is 2.22. The van der Waals surface area contributed by atoms with Crippen LogP contribution in [0.4, 0.5) is 0 Å². The van der Waals surface area contributed by atoms with Crippen molar-refractivity contribution >= 4 is 16.7 Å². The largest absolute Gasteiger partial charge is 0.481 e. The standard InChI is InChI=1S/C26H30N2O2/c1-2-25(30-24-14-13-22-7-3-4-8-23(22)17-24)26(29)27-18-20-9-11-21(12-10-20)19-28-15-5-6-16-28/h3-4,7-14,17,25H,2,5-6,15-16,18-19H2,1H3,(H,27,29). The van der Waals surface area contributed by atoms with Crippen LogP contribution in [0.2, 0.25) is 0 Å². The van der Waals surface area contributed by atoms with Crippen LogP contribution >= 0.6 is 0 Å². The first kappa shape index (κ1) is 20.4. The summed E-state index contributed by atoms with van der Waals surface area (Å²) in [6, 6.07) is 22.6. The van der Waals surface area contributed by atoms with E-state index in [9.17, 15) is 4.79 Å². The molecule has 1 N–H and O–H groups in total. The third-order valence-corrected chi connectivity index (χ3v) is 5.76. The maximum atomic E-state index is 12.7. The Morgan fingerprint density at radius 3 is 2.40 bits per heavy atom. The fraction of sp³-hybridized carbons (Fsp3) is 0.346. The summed E-state index contributed by atoms with van der Waals surface area (Å²) in [4.78, 5) is 15.2. The maximum absolute atomic E-state index is 12.7. The molecule has 156 valence electrons. The number of ether oxygens (including phenoxy) is 1. The average molecular weight is 403 g/mol. The van der Waals surface area contributed by atoms with Gasteiger partial charge in [-0.3, -0.25) is 9.69 Å². The molecule has 1 amide bonds. The van der Waals surface area contributed by atoms with E-state index < -0.39 is 6.10 Å². The number of amides is 1. The summed E-state index contributed by atoms with van der Waals surface area (Å²) in [5.41, 5.74) is 2.44. The van der Waals surface area contributed by atoms with Crippen molar-refractivity contribution in [3.63, 3.8) is 0 Å². The zero-order valence-electron chi connectivity index (χ0n) is 17.6. The van der Waals surface area contributed by atoms with Crippen molar-refractivity contribution in [2.75, 3.05) is 13.1 Å². The summed E-state index contributed by atoms with van der Waals surface area (Å²) in [7, 11) is 0. The number of fused-ring (bicyclic) bond motifs is 1. The third-order valence-electron chi connectivity index (χ3n) is 5.76. The lowest BCUT2D eigenvalue weighted by atomic mass is 10.1. The monoisotopic (exact) mass is 402 g/mol. The minimum absolute atomic E-state index is 0.0770. The molecule has 0 aliphatic carbocycles. The molecule has 0 aromatic heterocycles. The van der Waals surface area contributed by atoms with Gasteiger partial charge in [-0.1, -0.05) is 61.5 Å². The first-order valence-electron chi connectivity index (χ1n) is 10.9. The summed E-state index contributed by atoms with van der Waals surface area (Å²) < 4.78 is 6.00. The van der Waals surface area contributed by atoms with E-state index in [-0.39, 0.29) is 5.91 Å². The van der Waals surface area contributed by atoms with Gasteiger partial charge in [-0.15, -0.1) is 0 Å². The number of nitrogens with one attached hydrogen (secondary N) is 1. The fourth-order valence-corrected chi connectivity index (χ4v) is 3.99. The maximum Gasteiger partial charge on any atom is 0.261 e. The molecule has 3 aromatic carbocycles. The number of nitrogens with zero attached hydrogens (tertiary/aromatic N) is 1. The predicted molar refractivity (Wildman–Crippen MR) is 121 cm³/mol. The number of hydrogen-bond donors (Lipinski definition) is 1. The van der Waals surface area contributed by atoms with Crippen LogP contribution < -0.4 is 10.1 Å². The van der Waals surface area contributed by atoms with Gasteiger partial charge in [0.1, 0.15) is 5.75 Å². The highest BCUT2D eigenvalue weighted by Gasteiger charge is 2.18. The molecule has 1 aliphatic rings. The van der Waals surface area contributed by atoms with Crippen molar-refractivity contribution in [1.29, 1.82) is 0 Å². The van der Waals surface area contributed by atoms with E-state index in [4.69, 9.17) is 4.74 Å². The summed E-state index contributed by atoms with van der Waals surface area (Å²) in [6.45, 7) is 5.91. The topological polar surface area (TPSA) is 41.6 Å². The van der Waals surface area contributed by atoms with Gasteiger partial charge in [0.2, 0.25) is 0 Å². The molecule has 1 aliphatic heterocycles. The van der Waals surface area contributed by atoms with E-state index in [1.807, 2.05) is 37.3 Å². The Balaban J connectivity index is 1.31. The summed E-state index contributed by atoms with van der Waals surface area (Å²) in [5, 5.41) is 5.30. The molecule has 0 saturated carbocycles. The van der Waals surface area contributed by atoms with E-state index in [1.165, 1.54) is 31.5 Å². The van der Waals surface area contributed by atoms with Gasteiger partial charge in [0.25, 0.3) is 5.91 Å². The van der Waals surface area contributed by atoms with Crippen LogP contribution in [0.3, 0.4) is 0 Å². The van der Waals surface area contributed by atoms with Gasteiger partial charge < -0.3 is 10.1 Å². The number of rotatable bonds is 8. The molecule has 1 fully saturated rings. The van der Waals surface area contributed by atoms with Crippen LogP contribution in [-0.4, -0.2) is 30.0 Å². The lowest BCUT2D eigenvalue weighted by Gasteiger charge is -2.18. The molecule has 0 bridgehead atoms. The van der Waals surface area contributed by atoms with Crippen molar-refractivity contribution in [1.82, 2.24) is 10.2 Å². The van der Waals surface area contributed by atoms with Crippen LogP contribution in [0.15, 0.2) is 66.7 Å². The zero-order chi connectivity index (χ0) is 20.8. The van der Waals surface area contributed by atoms with Gasteiger partial charge in [0, 0.05) is 13.1 Å². The molecule has 4 nitrogen and oxygen atoms in total. The highest BCUT2D eigenvalue weighted by atomic mass is 16.5. The molecule has 0 radical (unpaired) electrons. The second-order valence-electron chi connectivity index (χ2n) is 8.04. The van der Waals surface area contributed by atoms with E-state index in [1.54, 1.807) is 0 Å². The Morgan fingerprint density at radius 2 is 1.67 bits per heavy atom. The van der Waals surface area contributed by atoms with Crippen molar-refractivity contribution in [3.05, 3.63) is 77.9 Å². The Bertz CT molecular complexity index is 978. The van der Waals surface area contributed by atoms with Crippen LogP contribution in [-0.2, 0) is 17.9 Å². The molecule has 1 heterocycles. The van der Waals surface area contributed by atoms with Crippen LogP contribution in [0.5, 0.6) is 5.75 Å². The Kier molecular flexibility index (Phi) is 6.65. The van der Waals surface area contributed by atoms with Crippen molar-refractivity contribution in [3.8, 4) is 5.75 Å². The van der Waals surface area contributed by atoms with E-state index in [2.05, 4.69) is 46.6 Å². The minimum atomic E-state index is -0.499. The molecule has 4 rings (SSSR count). The first-order valence-corrected chi connectivity index (χ1v) is 10.9. The number of likely N-dealkylation sites (tertiary alicyclic amines) is 1. The van der Waals surface area contributed by atoms with Gasteiger partial charge in [-0.25, -0.2) is 0 Å². The third kappa shape index (κ3) is 5.19. The number of hydrogen-bond acceptors (Lipinski definition) is 3. The average Bonchev–Trinajstić information content (AvgIpc) is 3.29. The molecule has 4 heteroatoms. The number of carbonyl (C=O) groups is 1. The lowest BCUT2D eigenvalue weighted by molar-refractivity contribution is -0.128. The minimum Gasteiger partial charge on any atom is -0.481 e. The molecule has 3 aromatic rings. The van der Waals surface area contributed by atoms with Crippen LogP contribution in [0, 0.1) is 0 Å². The molecule has 0 spiro atoms. The van der Waals surface area contributed by atoms with Crippen LogP contribution in [0.25, 0.3) is 10.8 Å². The van der Waals surface area contributed by atoms with Crippen LogP contribution in [0.1, 0.15) is 37.3 Å². The molecule has 1 atom stereocenters. The second kappa shape index (κ2) is 9.77. The molecule has 1 unspecified atom stereocenters. The van der Waals surface area contributed by atoms with E-state index in [0.717, 1.165) is 28.6 Å². The first-order chi connectivity index (χ1) is 14.7. The van der Waals surface area contributed by atoms with Crippen molar-refractivity contribution in [2.24, 2.45) is 0 Å². The lowest BCUT2D eigenvalue weighted by Crippen LogP contribution is -2.37. The second-order valence-corrected chi connectivity index (χ2v) is 8.04. The molecule has 1 saturated heterocycles. The fourth-order valence-electron chi connectivity index (χ4n) is 3.99. The number of benzene rings is 3. The smallest absolute Gasteiger partial charge is 0.261 e. The Labute approximate surface area is 178 Å². The number of carbonyl (C=O) groups excluding carboxylic acids is 1. The van der Waals surface area contributed by atoms with Crippen molar-refractivity contribution < 1.29 is 9.53 Å². The summed E-state index contributed by atoms with van der Waals surface area (Å²) in [5.74, 6) is 0.647. The zero-order valence-corrected chi connectivity index (χ0v) is 17.6. The summed E-state index contributed by atoms with van der Waals surface area (Å²) in [6.07, 6.45) is 2.74. The summed E-state index contributed by atoms with van der Waals surface area (Å²) >= 11 is 0. The van der Waals surface area contributed by atoms with Gasteiger partial charge in [0.15, 0.2) is 6.10 Å². The Hall–Kier alpha value is -2.85. The van der Waals surface area contributed by atoms with E-state index in [0.29, 0.717) is 13.0 Å². The van der Waals surface area contributed by atoms with Crippen molar-refractivity contribution in [2.45, 2.75) is 45.4 Å². The quantitative estimate of drug-likeness (QED) is 0.582. The highest BCUT2D eigenvalue weighted by molar-refractivity contribution is 5.84. The normalized spacial score (nSPS) is 15.2. The molecular formula is C26H30N2O2. The SMILES string of the molecule is CCC(Oc1ccc2ccccc2c1)C(=O)NCc1ccc(CN2CCCC2)cc1. The Morgan fingerprint density at radius 1 is 0.967 bits per heavy atom.